The molecule has 0 atom stereocenters. The van der Waals surface area contributed by atoms with Gasteiger partial charge in [-0.15, -0.1) is 0 Å². The van der Waals surface area contributed by atoms with Crippen molar-refractivity contribution in [3.63, 3.8) is 0 Å². The van der Waals surface area contributed by atoms with Gasteiger partial charge in [-0.25, -0.2) is 0 Å². The number of methoxy groups -OCH3 is 1. The monoisotopic (exact) mass is 259 g/mol. The van der Waals surface area contributed by atoms with Crippen LogP contribution in [0.5, 0.6) is 0 Å². The van der Waals surface area contributed by atoms with Crippen LogP contribution in [0.3, 0.4) is 0 Å². The summed E-state index contributed by atoms with van der Waals surface area (Å²) in [5.74, 6) is 2.24. The first-order valence-electron chi connectivity index (χ1n) is 6.52. The van der Waals surface area contributed by atoms with Crippen molar-refractivity contribution in [3.05, 3.63) is 0 Å². The van der Waals surface area contributed by atoms with Gasteiger partial charge >= 0.3 is 5.97 Å². The van der Waals surface area contributed by atoms with Crippen LogP contribution in [-0.4, -0.2) is 49.1 Å². The number of hydrogen-bond donors (Lipinski definition) is 0. The summed E-state index contributed by atoms with van der Waals surface area (Å²) in [4.78, 5) is 13.7. The number of rotatable bonds is 9. The number of thioether (sulfide) groups is 1. The fourth-order valence-corrected chi connectivity index (χ4v) is 3.30. The zero-order valence-electron chi connectivity index (χ0n) is 11.3. The molecule has 1 saturated carbocycles. The van der Waals surface area contributed by atoms with E-state index in [0.29, 0.717) is 6.42 Å². The van der Waals surface area contributed by atoms with E-state index in [0.717, 1.165) is 25.4 Å². The zero-order valence-corrected chi connectivity index (χ0v) is 12.1. The Morgan fingerprint density at radius 3 is 2.47 bits per heavy atom. The molecule has 0 N–H and O–H groups in total. The fourth-order valence-electron chi connectivity index (χ4n) is 1.95. The predicted molar refractivity (Wildman–Crippen MR) is 73.4 cm³/mol. The van der Waals surface area contributed by atoms with Gasteiger partial charge in [-0.1, -0.05) is 13.8 Å². The van der Waals surface area contributed by atoms with Crippen molar-refractivity contribution in [1.29, 1.82) is 0 Å². The molecule has 1 rings (SSSR count). The van der Waals surface area contributed by atoms with E-state index >= 15 is 0 Å². The second-order valence-corrected chi connectivity index (χ2v) is 5.94. The normalized spacial score (nSPS) is 17.2. The highest BCUT2D eigenvalue weighted by Crippen LogP contribution is 2.51. The Bertz CT molecular complexity index is 238. The third kappa shape index (κ3) is 5.30. The number of esters is 1. The average molecular weight is 259 g/mol. The van der Waals surface area contributed by atoms with Crippen molar-refractivity contribution >= 4 is 17.7 Å². The fraction of sp³-hybridized carbons (Fsp3) is 0.923. The smallest absolute Gasteiger partial charge is 0.306 e. The average Bonchev–Trinajstić information content (AvgIpc) is 3.09. The van der Waals surface area contributed by atoms with Crippen LogP contribution >= 0.6 is 11.8 Å². The lowest BCUT2D eigenvalue weighted by atomic mass is 10.1. The van der Waals surface area contributed by atoms with Gasteiger partial charge in [0, 0.05) is 12.3 Å². The van der Waals surface area contributed by atoms with Crippen molar-refractivity contribution in [1.82, 2.24) is 4.90 Å². The molecule has 3 nitrogen and oxygen atoms in total. The van der Waals surface area contributed by atoms with Crippen molar-refractivity contribution in [2.24, 2.45) is 5.41 Å². The lowest BCUT2D eigenvalue weighted by molar-refractivity contribution is -0.141. The van der Waals surface area contributed by atoms with E-state index in [2.05, 4.69) is 18.7 Å². The molecule has 0 amide bonds. The molecule has 0 heterocycles. The van der Waals surface area contributed by atoms with Crippen LogP contribution in [0.1, 0.15) is 33.1 Å². The molecule has 0 aromatic carbocycles. The molecule has 1 aliphatic rings. The number of nitrogens with zero attached hydrogens (tertiary/aromatic N) is 1. The van der Waals surface area contributed by atoms with Crippen LogP contribution in [0.25, 0.3) is 0 Å². The third-order valence-electron chi connectivity index (χ3n) is 3.56. The zero-order chi connectivity index (χ0) is 12.7. The third-order valence-corrected chi connectivity index (χ3v) is 4.85. The molecule has 0 radical (unpaired) electrons. The van der Waals surface area contributed by atoms with Gasteiger partial charge in [0.1, 0.15) is 0 Å². The Labute approximate surface area is 109 Å². The minimum absolute atomic E-state index is 0.0492. The topological polar surface area (TPSA) is 29.5 Å². The van der Waals surface area contributed by atoms with E-state index in [1.54, 1.807) is 0 Å². The first-order chi connectivity index (χ1) is 8.15. The van der Waals surface area contributed by atoms with Crippen molar-refractivity contribution in [3.8, 4) is 0 Å². The van der Waals surface area contributed by atoms with Crippen LogP contribution in [0, 0.1) is 5.41 Å². The Morgan fingerprint density at radius 1 is 1.35 bits per heavy atom. The molecule has 0 aromatic heterocycles. The Kier molecular flexibility index (Phi) is 6.34. The van der Waals surface area contributed by atoms with E-state index in [1.807, 2.05) is 11.8 Å². The minimum Gasteiger partial charge on any atom is -0.469 e. The van der Waals surface area contributed by atoms with Crippen molar-refractivity contribution < 1.29 is 9.53 Å². The van der Waals surface area contributed by atoms with Gasteiger partial charge in [-0.2, -0.15) is 11.8 Å². The molecule has 0 bridgehead atoms. The molecular formula is C13H25NO2S. The quantitative estimate of drug-likeness (QED) is 0.470. The summed E-state index contributed by atoms with van der Waals surface area (Å²) in [6.45, 7) is 7.82. The summed E-state index contributed by atoms with van der Waals surface area (Å²) in [5, 5.41) is 0. The number of carbonyl (C=O) groups excluding carboxylic acids is 1. The molecular weight excluding hydrogens is 234 g/mol. The standard InChI is InChI=1S/C13H25NO2S/c1-4-14(5-2)8-9-17-11-13(6-7-13)10-12(15)16-3/h4-11H2,1-3H3. The molecule has 0 aromatic rings. The lowest BCUT2D eigenvalue weighted by Gasteiger charge is -2.18. The molecule has 0 aliphatic heterocycles. The van der Waals surface area contributed by atoms with Crippen LogP contribution in [0.4, 0.5) is 0 Å². The van der Waals surface area contributed by atoms with Crippen LogP contribution < -0.4 is 0 Å². The highest BCUT2D eigenvalue weighted by molar-refractivity contribution is 7.99. The van der Waals surface area contributed by atoms with E-state index in [1.165, 1.54) is 25.7 Å². The molecule has 0 spiro atoms. The van der Waals surface area contributed by atoms with Crippen LogP contribution in [0.2, 0.25) is 0 Å². The van der Waals surface area contributed by atoms with Gasteiger partial charge in [0.2, 0.25) is 0 Å². The number of ether oxygens (including phenoxy) is 1. The molecule has 17 heavy (non-hydrogen) atoms. The van der Waals surface area contributed by atoms with Crippen molar-refractivity contribution in [2.45, 2.75) is 33.1 Å². The maximum absolute atomic E-state index is 11.3. The summed E-state index contributed by atoms with van der Waals surface area (Å²) in [7, 11) is 1.48. The molecule has 0 saturated heterocycles. The van der Waals surface area contributed by atoms with Crippen LogP contribution in [0.15, 0.2) is 0 Å². The molecule has 4 heteroatoms. The first-order valence-corrected chi connectivity index (χ1v) is 7.68. The van der Waals surface area contributed by atoms with Gasteiger partial charge in [-0.3, -0.25) is 4.79 Å². The maximum atomic E-state index is 11.3. The summed E-state index contributed by atoms with van der Waals surface area (Å²) < 4.78 is 4.75. The van der Waals surface area contributed by atoms with E-state index in [9.17, 15) is 4.79 Å². The second-order valence-electron chi connectivity index (χ2n) is 4.83. The SMILES string of the molecule is CCN(CC)CCSCC1(CC(=O)OC)CC1. The largest absolute Gasteiger partial charge is 0.469 e. The van der Waals surface area contributed by atoms with Gasteiger partial charge in [0.05, 0.1) is 13.5 Å². The van der Waals surface area contributed by atoms with Crippen LogP contribution in [-0.2, 0) is 9.53 Å². The van der Waals surface area contributed by atoms with Gasteiger partial charge < -0.3 is 9.64 Å². The lowest BCUT2D eigenvalue weighted by Crippen LogP contribution is -2.25. The Balaban J connectivity index is 2.12. The second kappa shape index (κ2) is 7.27. The summed E-state index contributed by atoms with van der Waals surface area (Å²) in [6.07, 6.45) is 3.00. The number of carbonyl (C=O) groups is 1. The van der Waals surface area contributed by atoms with E-state index in [4.69, 9.17) is 4.74 Å². The summed E-state index contributed by atoms with van der Waals surface area (Å²) >= 11 is 1.98. The maximum Gasteiger partial charge on any atom is 0.306 e. The van der Waals surface area contributed by atoms with Gasteiger partial charge in [0.15, 0.2) is 0 Å². The van der Waals surface area contributed by atoms with Gasteiger partial charge in [0.25, 0.3) is 0 Å². The highest BCUT2D eigenvalue weighted by atomic mass is 32.2. The minimum atomic E-state index is -0.0492. The Morgan fingerprint density at radius 2 is 2.00 bits per heavy atom. The predicted octanol–water partition coefficient (Wildman–Crippen LogP) is 2.40. The van der Waals surface area contributed by atoms with E-state index in [-0.39, 0.29) is 11.4 Å². The molecule has 1 fully saturated rings. The first kappa shape index (κ1) is 14.8. The Hall–Kier alpha value is -0.220. The molecule has 0 unspecified atom stereocenters. The highest BCUT2D eigenvalue weighted by Gasteiger charge is 2.44. The number of hydrogen-bond acceptors (Lipinski definition) is 4. The van der Waals surface area contributed by atoms with Crippen molar-refractivity contribution in [2.75, 3.05) is 38.2 Å². The van der Waals surface area contributed by atoms with Gasteiger partial charge in [-0.05, 0) is 37.1 Å². The van der Waals surface area contributed by atoms with E-state index < -0.39 is 0 Å². The molecule has 100 valence electrons. The molecule has 1 aliphatic carbocycles. The summed E-state index contributed by atoms with van der Waals surface area (Å²) in [6, 6.07) is 0. The summed E-state index contributed by atoms with van der Waals surface area (Å²) in [5.41, 5.74) is 0.279.